The Balaban J connectivity index is 0.000000682. The van der Waals surface area contributed by atoms with Gasteiger partial charge in [0.15, 0.2) is 0 Å². The number of carbonyl (C=O) groups is 2. The first-order valence-electron chi connectivity index (χ1n) is 11.8. The molecule has 2 aliphatic rings. The number of methoxy groups -OCH3 is 2. The molecule has 37 heavy (non-hydrogen) atoms. The molecule has 0 N–H and O–H groups in total. The van der Waals surface area contributed by atoms with Crippen LogP contribution in [0.3, 0.4) is 0 Å². The number of esters is 2. The predicted octanol–water partition coefficient (Wildman–Crippen LogP) is 1.23. The second kappa shape index (κ2) is 26.8. The summed E-state index contributed by atoms with van der Waals surface area (Å²) in [6.07, 6.45) is 14.0. The average molecular weight is 566 g/mol. The molecule has 0 aromatic rings. The van der Waals surface area contributed by atoms with Gasteiger partial charge >= 0.3 is 29.0 Å². The van der Waals surface area contributed by atoms with Crippen molar-refractivity contribution in [3.05, 3.63) is 63.2 Å². The molecule has 0 aliphatic heterocycles. The first-order chi connectivity index (χ1) is 17.7. The zero-order chi connectivity index (χ0) is 26.1. The molecular weight excluding hydrogens is 528 g/mol. The van der Waals surface area contributed by atoms with Gasteiger partial charge in [-0.05, 0) is 51.4 Å². The largest absolute Gasteiger partial charge is 2.00 e. The monoisotopic (exact) mass is 566 g/mol. The zero-order valence-corrected chi connectivity index (χ0v) is 22.6. The van der Waals surface area contributed by atoms with Gasteiger partial charge in [-0.2, -0.15) is 0 Å². The normalized spacial score (nSPS) is 15.6. The quantitative estimate of drug-likeness (QED) is 0.121. The molecule has 10 nitrogen and oxygen atoms in total. The number of hydrogen-bond acceptors (Lipinski definition) is 10. The van der Waals surface area contributed by atoms with Crippen molar-refractivity contribution >= 4 is 11.9 Å². The Morgan fingerprint density at radius 3 is 1.05 bits per heavy atom. The topological polar surface area (TPSA) is 108 Å². The van der Waals surface area contributed by atoms with E-state index in [2.05, 4.69) is 0 Å². The van der Waals surface area contributed by atoms with Crippen LogP contribution >= 0.6 is 0 Å². The van der Waals surface area contributed by atoms with Crippen LogP contribution in [0.5, 0.6) is 0 Å². The van der Waals surface area contributed by atoms with E-state index in [9.17, 15) is 9.59 Å². The third kappa shape index (κ3) is 20.8. The zero-order valence-electron chi connectivity index (χ0n) is 21.5. The summed E-state index contributed by atoms with van der Waals surface area (Å²) in [6, 6.07) is 0. The van der Waals surface area contributed by atoms with Crippen molar-refractivity contribution in [3.63, 3.8) is 0 Å². The Labute approximate surface area is 233 Å². The van der Waals surface area contributed by atoms with E-state index >= 15 is 0 Å². The maximum absolute atomic E-state index is 11.4. The summed E-state index contributed by atoms with van der Waals surface area (Å²) in [7, 11) is 3.25. The molecule has 2 fully saturated rings. The molecule has 0 atom stereocenters. The number of hydrogen-bond donors (Lipinski definition) is 0. The second-order valence-electron chi connectivity index (χ2n) is 7.05. The molecule has 10 radical (unpaired) electrons. The third-order valence-corrected chi connectivity index (χ3v) is 4.33. The molecule has 0 amide bonds. The standard InChI is InChI=1S/2C13H19O5.Fe/c2*1-15-6-7-16-8-9-17-10-11-18-13(14)12-4-2-3-5-12;/h2*2-5H,6-11H2,1H3;/q;;+2. The molecule has 0 aromatic carbocycles. The molecule has 0 spiro atoms. The van der Waals surface area contributed by atoms with Gasteiger partial charge in [0.1, 0.15) is 13.2 Å². The molecule has 2 rings (SSSR count). The molecule has 208 valence electrons. The average Bonchev–Trinajstić information content (AvgIpc) is 3.62. The van der Waals surface area contributed by atoms with Crippen LogP contribution in [0.15, 0.2) is 0 Å². The summed E-state index contributed by atoms with van der Waals surface area (Å²) in [4.78, 5) is 22.8. The first kappa shape index (κ1) is 36.2. The molecule has 0 unspecified atom stereocenters. The van der Waals surface area contributed by atoms with Crippen molar-refractivity contribution in [3.8, 4) is 0 Å². The fraction of sp³-hybridized carbons (Fsp3) is 0.538. The van der Waals surface area contributed by atoms with Gasteiger partial charge in [0, 0.05) is 14.2 Å². The molecule has 2 aliphatic carbocycles. The molecule has 0 saturated heterocycles. The Bertz CT molecular complexity index is 479. The molecular formula is C26H38FeO10+2. The molecule has 0 aromatic heterocycles. The van der Waals surface area contributed by atoms with Crippen molar-refractivity contribution in [1.29, 1.82) is 0 Å². The summed E-state index contributed by atoms with van der Waals surface area (Å²) in [5, 5.41) is 0. The van der Waals surface area contributed by atoms with E-state index < -0.39 is 0 Å². The molecule has 2 saturated carbocycles. The summed E-state index contributed by atoms with van der Waals surface area (Å²) in [5.41, 5.74) is 0. The minimum Gasteiger partial charge on any atom is -0.463 e. The number of carbonyl (C=O) groups excluding carboxylic acids is 2. The van der Waals surface area contributed by atoms with Gasteiger partial charge in [-0.1, -0.05) is 0 Å². The maximum atomic E-state index is 11.4. The second-order valence-corrected chi connectivity index (χ2v) is 7.05. The summed E-state index contributed by atoms with van der Waals surface area (Å²) in [6.45, 7) is 5.53. The van der Waals surface area contributed by atoms with Crippen molar-refractivity contribution in [2.45, 2.75) is 0 Å². The van der Waals surface area contributed by atoms with Crippen LogP contribution in [0, 0.1) is 63.2 Å². The SMILES string of the molecule is COCCOCCOCCOC(=O)[C]1[CH][CH][CH][CH]1.COCCOCCOCCOC(=O)[C]1[CH][CH][CH][CH]1.[Fe+2]. The summed E-state index contributed by atoms with van der Waals surface area (Å²) >= 11 is 0. The minimum absolute atomic E-state index is 0. The van der Waals surface area contributed by atoms with Crippen molar-refractivity contribution < 1.29 is 64.6 Å². The Morgan fingerprint density at radius 1 is 0.486 bits per heavy atom. The van der Waals surface area contributed by atoms with Crippen LogP contribution in [-0.4, -0.2) is 105 Å². The van der Waals surface area contributed by atoms with E-state index in [1.54, 1.807) is 65.6 Å². The van der Waals surface area contributed by atoms with Crippen LogP contribution in [0.2, 0.25) is 0 Å². The minimum atomic E-state index is -0.319. The number of ether oxygens (including phenoxy) is 8. The Hall–Kier alpha value is -0.781. The van der Waals surface area contributed by atoms with E-state index in [4.69, 9.17) is 37.9 Å². The number of rotatable bonds is 20. The van der Waals surface area contributed by atoms with Crippen molar-refractivity contribution in [2.75, 3.05) is 93.5 Å². The van der Waals surface area contributed by atoms with Gasteiger partial charge in [0.05, 0.1) is 77.9 Å². The van der Waals surface area contributed by atoms with Gasteiger partial charge < -0.3 is 37.9 Å². The molecule has 0 bridgehead atoms. The van der Waals surface area contributed by atoms with Crippen LogP contribution in [0.25, 0.3) is 0 Å². The third-order valence-electron chi connectivity index (χ3n) is 4.33. The smallest absolute Gasteiger partial charge is 0.463 e. The predicted molar refractivity (Wildman–Crippen MR) is 130 cm³/mol. The van der Waals surface area contributed by atoms with Crippen molar-refractivity contribution in [1.82, 2.24) is 0 Å². The van der Waals surface area contributed by atoms with E-state index in [0.717, 1.165) is 0 Å². The van der Waals surface area contributed by atoms with Gasteiger partial charge in [-0.3, -0.25) is 9.59 Å². The Kier molecular flexibility index (Phi) is 26.2. The first-order valence-corrected chi connectivity index (χ1v) is 11.8. The molecule has 0 heterocycles. The maximum Gasteiger partial charge on any atom is 2.00 e. The van der Waals surface area contributed by atoms with E-state index in [1.807, 2.05) is 0 Å². The van der Waals surface area contributed by atoms with E-state index in [-0.39, 0.29) is 42.2 Å². The van der Waals surface area contributed by atoms with Gasteiger partial charge in [-0.15, -0.1) is 0 Å². The van der Waals surface area contributed by atoms with Crippen LogP contribution in [-0.2, 0) is 64.6 Å². The van der Waals surface area contributed by atoms with Gasteiger partial charge in [0.2, 0.25) is 0 Å². The summed E-state index contributed by atoms with van der Waals surface area (Å²) < 4.78 is 40.5. The molecule has 11 heteroatoms. The van der Waals surface area contributed by atoms with E-state index in [0.29, 0.717) is 77.9 Å². The fourth-order valence-electron chi connectivity index (χ4n) is 2.50. The van der Waals surface area contributed by atoms with Gasteiger partial charge in [0.25, 0.3) is 0 Å². The van der Waals surface area contributed by atoms with Crippen molar-refractivity contribution in [2.24, 2.45) is 0 Å². The van der Waals surface area contributed by atoms with Crippen LogP contribution in [0.1, 0.15) is 0 Å². The van der Waals surface area contributed by atoms with Crippen LogP contribution in [0.4, 0.5) is 0 Å². The van der Waals surface area contributed by atoms with Gasteiger partial charge in [-0.25, -0.2) is 0 Å². The van der Waals surface area contributed by atoms with Crippen LogP contribution < -0.4 is 0 Å². The Morgan fingerprint density at radius 2 is 0.757 bits per heavy atom. The van der Waals surface area contributed by atoms with E-state index in [1.165, 1.54) is 0 Å². The fourth-order valence-corrected chi connectivity index (χ4v) is 2.50. The summed E-state index contributed by atoms with van der Waals surface area (Å²) in [5.74, 6) is 0.496.